The van der Waals surface area contributed by atoms with Gasteiger partial charge < -0.3 is 8.84 Å². The van der Waals surface area contributed by atoms with Gasteiger partial charge in [-0.15, -0.1) is 0 Å². The maximum Gasteiger partial charge on any atom is 0.305 e. The van der Waals surface area contributed by atoms with E-state index in [-0.39, 0.29) is 12.0 Å². The Morgan fingerprint density at radius 1 is 1.38 bits per heavy atom. The van der Waals surface area contributed by atoms with Crippen molar-refractivity contribution in [1.29, 1.82) is 0 Å². The van der Waals surface area contributed by atoms with E-state index < -0.39 is 8.41 Å². The second-order valence-electron chi connectivity index (χ2n) is 3.82. The molecule has 0 aliphatic rings. The number of carbonyl (C=O) groups excluding carboxylic acids is 1. The highest BCUT2D eigenvalue weighted by molar-refractivity contribution is 6.73. The van der Waals surface area contributed by atoms with Gasteiger partial charge >= 0.3 is 5.97 Å². The van der Waals surface area contributed by atoms with Gasteiger partial charge in [0.25, 0.3) is 8.41 Å². The first-order chi connectivity index (χ1) is 5.95. The molecule has 0 saturated carbocycles. The van der Waals surface area contributed by atoms with Crippen LogP contribution in [-0.2, 0) is 9.53 Å². The SMILES string of the molecule is CCCCCOC(=O)C[Si](C)(C)F. The lowest BCUT2D eigenvalue weighted by Crippen LogP contribution is -2.24. The highest BCUT2D eigenvalue weighted by atomic mass is 28.4. The second-order valence-corrected chi connectivity index (χ2v) is 7.61. The maximum atomic E-state index is 13.1. The van der Waals surface area contributed by atoms with E-state index in [4.69, 9.17) is 4.74 Å². The van der Waals surface area contributed by atoms with Gasteiger partial charge in [0.2, 0.25) is 0 Å². The Morgan fingerprint density at radius 3 is 2.46 bits per heavy atom. The van der Waals surface area contributed by atoms with Crippen LogP contribution in [0.25, 0.3) is 0 Å². The van der Waals surface area contributed by atoms with Crippen molar-refractivity contribution in [2.45, 2.75) is 45.3 Å². The van der Waals surface area contributed by atoms with Crippen LogP contribution in [0.4, 0.5) is 4.11 Å². The van der Waals surface area contributed by atoms with Crippen molar-refractivity contribution in [3.63, 3.8) is 0 Å². The molecular formula is C9H19FO2Si. The third kappa shape index (κ3) is 9.53. The first-order valence-electron chi connectivity index (χ1n) is 4.80. The van der Waals surface area contributed by atoms with Crippen LogP contribution in [-0.4, -0.2) is 21.0 Å². The maximum absolute atomic E-state index is 13.1. The van der Waals surface area contributed by atoms with Crippen molar-refractivity contribution in [1.82, 2.24) is 0 Å². The molecule has 0 saturated heterocycles. The summed E-state index contributed by atoms with van der Waals surface area (Å²) in [7, 11) is -2.76. The smallest absolute Gasteiger partial charge is 0.305 e. The van der Waals surface area contributed by atoms with Gasteiger partial charge in [0.05, 0.1) is 12.7 Å². The molecule has 0 heterocycles. The Balaban J connectivity index is 3.41. The van der Waals surface area contributed by atoms with E-state index in [0.717, 1.165) is 19.3 Å². The second kappa shape index (κ2) is 6.13. The van der Waals surface area contributed by atoms with Gasteiger partial charge in [-0.3, -0.25) is 4.79 Å². The van der Waals surface area contributed by atoms with E-state index in [1.807, 2.05) is 0 Å². The number of esters is 1. The number of unbranched alkanes of at least 4 members (excludes halogenated alkanes) is 2. The molecule has 0 aliphatic carbocycles. The topological polar surface area (TPSA) is 26.3 Å². The van der Waals surface area contributed by atoms with Crippen LogP contribution in [0.2, 0.25) is 19.1 Å². The summed E-state index contributed by atoms with van der Waals surface area (Å²) in [6.45, 7) is 5.55. The molecule has 0 radical (unpaired) electrons. The number of carbonyl (C=O) groups is 1. The van der Waals surface area contributed by atoms with E-state index in [0.29, 0.717) is 6.61 Å². The highest BCUT2D eigenvalue weighted by Crippen LogP contribution is 2.11. The summed E-state index contributed by atoms with van der Waals surface area (Å²) < 4.78 is 17.9. The molecule has 0 spiro atoms. The Morgan fingerprint density at radius 2 is 2.00 bits per heavy atom. The largest absolute Gasteiger partial charge is 0.466 e. The predicted molar refractivity (Wildman–Crippen MR) is 53.9 cm³/mol. The van der Waals surface area contributed by atoms with Gasteiger partial charge in [-0.05, 0) is 19.5 Å². The minimum absolute atomic E-state index is 0.0148. The van der Waals surface area contributed by atoms with E-state index in [2.05, 4.69) is 6.92 Å². The Labute approximate surface area is 80.7 Å². The number of halogens is 1. The molecule has 0 aromatic rings. The van der Waals surface area contributed by atoms with Crippen molar-refractivity contribution in [3.8, 4) is 0 Å². The van der Waals surface area contributed by atoms with E-state index in [1.54, 1.807) is 0 Å². The zero-order valence-electron chi connectivity index (χ0n) is 8.73. The van der Waals surface area contributed by atoms with Crippen molar-refractivity contribution in [2.24, 2.45) is 0 Å². The Hall–Kier alpha value is -0.383. The van der Waals surface area contributed by atoms with Crippen LogP contribution in [0.15, 0.2) is 0 Å². The van der Waals surface area contributed by atoms with Crippen LogP contribution < -0.4 is 0 Å². The molecule has 0 aliphatic heterocycles. The van der Waals surface area contributed by atoms with Crippen molar-refractivity contribution >= 4 is 14.4 Å². The zero-order valence-corrected chi connectivity index (χ0v) is 9.73. The molecule has 0 atom stereocenters. The molecule has 13 heavy (non-hydrogen) atoms. The van der Waals surface area contributed by atoms with Crippen molar-refractivity contribution in [2.75, 3.05) is 6.61 Å². The summed E-state index contributed by atoms with van der Waals surface area (Å²) >= 11 is 0. The lowest BCUT2D eigenvalue weighted by Gasteiger charge is -2.09. The summed E-state index contributed by atoms with van der Waals surface area (Å²) in [5, 5.41) is 0. The first kappa shape index (κ1) is 12.6. The normalized spacial score (nSPS) is 11.4. The molecule has 0 rings (SSSR count). The number of rotatable bonds is 6. The summed E-state index contributed by atoms with van der Waals surface area (Å²) in [6.07, 6.45) is 3.04. The lowest BCUT2D eigenvalue weighted by atomic mass is 10.3. The quantitative estimate of drug-likeness (QED) is 0.289. The molecule has 0 N–H and O–H groups in total. The molecule has 0 fully saturated rings. The number of hydrogen-bond acceptors (Lipinski definition) is 2. The monoisotopic (exact) mass is 206 g/mol. The number of ether oxygens (including phenoxy) is 1. The average Bonchev–Trinajstić information content (AvgIpc) is 1.94. The standard InChI is InChI=1S/C9H19FO2Si/c1-4-5-6-7-12-9(11)8-13(2,3)10/h4-8H2,1-3H3. The average molecular weight is 206 g/mol. The molecule has 78 valence electrons. The fourth-order valence-electron chi connectivity index (χ4n) is 0.932. The molecule has 2 nitrogen and oxygen atoms in total. The van der Waals surface area contributed by atoms with E-state index in [1.165, 1.54) is 13.1 Å². The summed E-state index contributed by atoms with van der Waals surface area (Å²) in [5.74, 6) is -0.379. The third-order valence-electron chi connectivity index (χ3n) is 1.58. The predicted octanol–water partition coefficient (Wildman–Crippen LogP) is 2.89. The molecule has 0 amide bonds. The first-order valence-corrected chi connectivity index (χ1v) is 7.89. The zero-order chi connectivity index (χ0) is 10.3. The van der Waals surface area contributed by atoms with Crippen LogP contribution >= 0.6 is 0 Å². The molecule has 0 aromatic carbocycles. The summed E-state index contributed by atoms with van der Waals surface area (Å²) in [6, 6.07) is -0.0148. The van der Waals surface area contributed by atoms with E-state index in [9.17, 15) is 8.90 Å². The van der Waals surface area contributed by atoms with Crippen molar-refractivity contribution < 1.29 is 13.6 Å². The minimum atomic E-state index is -2.76. The third-order valence-corrected chi connectivity index (χ3v) is 2.71. The molecular weight excluding hydrogens is 187 g/mol. The van der Waals surface area contributed by atoms with Gasteiger partial charge in [0.1, 0.15) is 0 Å². The minimum Gasteiger partial charge on any atom is -0.466 e. The van der Waals surface area contributed by atoms with Crippen LogP contribution in [0, 0.1) is 0 Å². The fraction of sp³-hybridized carbons (Fsp3) is 0.889. The fourth-order valence-corrected chi connectivity index (χ4v) is 1.72. The van der Waals surface area contributed by atoms with E-state index >= 15 is 0 Å². The van der Waals surface area contributed by atoms with Crippen LogP contribution in [0.3, 0.4) is 0 Å². The molecule has 0 aromatic heterocycles. The summed E-state index contributed by atoms with van der Waals surface area (Å²) in [4.78, 5) is 11.0. The van der Waals surface area contributed by atoms with Gasteiger partial charge in [-0.1, -0.05) is 19.8 Å². The van der Waals surface area contributed by atoms with Gasteiger partial charge in [0.15, 0.2) is 0 Å². The van der Waals surface area contributed by atoms with Crippen molar-refractivity contribution in [3.05, 3.63) is 0 Å². The number of hydrogen-bond donors (Lipinski definition) is 0. The highest BCUT2D eigenvalue weighted by Gasteiger charge is 2.25. The van der Waals surface area contributed by atoms with Gasteiger partial charge in [0, 0.05) is 0 Å². The molecule has 0 bridgehead atoms. The Kier molecular flexibility index (Phi) is 5.95. The summed E-state index contributed by atoms with van der Waals surface area (Å²) in [5.41, 5.74) is 0. The van der Waals surface area contributed by atoms with Gasteiger partial charge in [-0.2, -0.15) is 0 Å². The lowest BCUT2D eigenvalue weighted by molar-refractivity contribution is -0.141. The van der Waals surface area contributed by atoms with Gasteiger partial charge in [-0.25, -0.2) is 0 Å². The van der Waals surface area contributed by atoms with Crippen LogP contribution in [0.5, 0.6) is 0 Å². The molecule has 4 heteroatoms. The Bertz CT molecular complexity index is 154. The molecule has 0 unspecified atom stereocenters. The van der Waals surface area contributed by atoms with Crippen LogP contribution in [0.1, 0.15) is 26.2 Å².